The molecule has 2 N–H and O–H groups in total. The van der Waals surface area contributed by atoms with E-state index in [1.807, 2.05) is 13.8 Å². The van der Waals surface area contributed by atoms with Crippen LogP contribution in [-0.2, 0) is 14.6 Å². The number of carbonyl (C=O) groups is 1. The maximum absolute atomic E-state index is 12.1. The molecule has 0 aliphatic carbocycles. The minimum absolute atomic E-state index is 0.0525. The van der Waals surface area contributed by atoms with Crippen molar-refractivity contribution in [2.75, 3.05) is 17.6 Å². The fourth-order valence-electron chi connectivity index (χ4n) is 1.92. The summed E-state index contributed by atoms with van der Waals surface area (Å²) in [6.45, 7) is 4.05. The van der Waals surface area contributed by atoms with Crippen LogP contribution in [0.1, 0.15) is 26.7 Å². The topological polar surface area (TPSA) is 83.5 Å². The number of sulfone groups is 1. The number of nitrogens with one attached hydrogen (secondary N) is 1. The van der Waals surface area contributed by atoms with Gasteiger partial charge in [0, 0.05) is 13.0 Å². The van der Waals surface area contributed by atoms with Crippen LogP contribution in [0.3, 0.4) is 0 Å². The summed E-state index contributed by atoms with van der Waals surface area (Å²) in [7, 11) is -3.29. The van der Waals surface area contributed by atoms with Crippen LogP contribution in [0.4, 0.5) is 5.69 Å². The van der Waals surface area contributed by atoms with Crippen LogP contribution >= 0.6 is 0 Å². The smallest absolute Gasteiger partial charge is 0.303 e. The quantitative estimate of drug-likeness (QED) is 0.770. The van der Waals surface area contributed by atoms with Crippen molar-refractivity contribution in [1.29, 1.82) is 0 Å². The lowest BCUT2D eigenvalue weighted by atomic mass is 10.1. The third-order valence-corrected chi connectivity index (χ3v) is 4.83. The Kier molecular flexibility index (Phi) is 6.01. The molecule has 20 heavy (non-hydrogen) atoms. The Labute approximate surface area is 119 Å². The van der Waals surface area contributed by atoms with Gasteiger partial charge in [0.2, 0.25) is 0 Å². The zero-order valence-electron chi connectivity index (χ0n) is 11.8. The molecular formula is C14H21NO4S. The normalized spacial score (nSPS) is 12.9. The van der Waals surface area contributed by atoms with Gasteiger partial charge in [-0.25, -0.2) is 8.42 Å². The first kappa shape index (κ1) is 16.5. The van der Waals surface area contributed by atoms with Crippen LogP contribution < -0.4 is 5.32 Å². The standard InChI is InChI=1S/C14H21NO4S/c1-3-8-20(18,19)13-7-5-4-6-12(13)15-10-11(2)9-14(16)17/h4-7,11,15H,3,8-10H2,1-2H3,(H,16,17). The summed E-state index contributed by atoms with van der Waals surface area (Å²) in [5.41, 5.74) is 0.540. The summed E-state index contributed by atoms with van der Waals surface area (Å²) in [5, 5.41) is 11.8. The molecule has 0 radical (unpaired) electrons. The van der Waals surface area contributed by atoms with Crippen LogP contribution in [-0.4, -0.2) is 31.8 Å². The van der Waals surface area contributed by atoms with Crippen LogP contribution in [0.15, 0.2) is 29.2 Å². The summed E-state index contributed by atoms with van der Waals surface area (Å²) in [6, 6.07) is 6.73. The van der Waals surface area contributed by atoms with E-state index in [0.717, 1.165) is 0 Å². The minimum atomic E-state index is -3.29. The average molecular weight is 299 g/mol. The Morgan fingerprint density at radius 1 is 1.35 bits per heavy atom. The largest absolute Gasteiger partial charge is 0.481 e. The molecule has 1 aromatic rings. The van der Waals surface area contributed by atoms with Crippen molar-refractivity contribution in [2.24, 2.45) is 5.92 Å². The number of carboxylic acids is 1. The molecule has 0 saturated carbocycles. The number of hydrogen-bond donors (Lipinski definition) is 2. The highest BCUT2D eigenvalue weighted by molar-refractivity contribution is 7.91. The molecule has 0 spiro atoms. The predicted molar refractivity (Wildman–Crippen MR) is 78.7 cm³/mol. The Hall–Kier alpha value is -1.56. The van der Waals surface area contributed by atoms with Crippen molar-refractivity contribution in [3.05, 3.63) is 24.3 Å². The lowest BCUT2D eigenvalue weighted by Crippen LogP contribution is -2.17. The Bertz CT molecular complexity index is 554. The van der Waals surface area contributed by atoms with Crippen molar-refractivity contribution in [1.82, 2.24) is 0 Å². The fourth-order valence-corrected chi connectivity index (χ4v) is 3.44. The molecule has 0 bridgehead atoms. The van der Waals surface area contributed by atoms with Crippen molar-refractivity contribution in [3.8, 4) is 0 Å². The van der Waals surface area contributed by atoms with Crippen LogP contribution in [0.2, 0.25) is 0 Å². The molecule has 0 aromatic heterocycles. The number of anilines is 1. The lowest BCUT2D eigenvalue weighted by molar-refractivity contribution is -0.137. The summed E-state index contributed by atoms with van der Waals surface area (Å²) in [6.07, 6.45) is 0.614. The predicted octanol–water partition coefficient (Wildman–Crippen LogP) is 2.39. The van der Waals surface area contributed by atoms with Crippen molar-refractivity contribution < 1.29 is 18.3 Å². The van der Waals surface area contributed by atoms with E-state index in [4.69, 9.17) is 5.11 Å². The number of benzene rings is 1. The summed E-state index contributed by atoms with van der Waals surface area (Å²) < 4.78 is 24.3. The first-order chi connectivity index (χ1) is 9.36. The number of para-hydroxylation sites is 1. The summed E-state index contributed by atoms with van der Waals surface area (Å²) in [4.78, 5) is 10.9. The van der Waals surface area contributed by atoms with Gasteiger partial charge in [0.25, 0.3) is 0 Å². The van der Waals surface area contributed by atoms with E-state index in [0.29, 0.717) is 18.7 Å². The molecule has 112 valence electrons. The highest BCUT2D eigenvalue weighted by Gasteiger charge is 2.17. The molecule has 1 unspecified atom stereocenters. The van der Waals surface area contributed by atoms with E-state index in [1.54, 1.807) is 24.3 Å². The monoisotopic (exact) mass is 299 g/mol. The second-order valence-electron chi connectivity index (χ2n) is 4.90. The third-order valence-electron chi connectivity index (χ3n) is 2.86. The molecule has 0 amide bonds. The first-order valence-corrected chi connectivity index (χ1v) is 8.29. The second-order valence-corrected chi connectivity index (χ2v) is 6.98. The zero-order valence-corrected chi connectivity index (χ0v) is 12.6. The number of rotatable bonds is 8. The molecule has 0 aliphatic rings. The van der Waals surface area contributed by atoms with E-state index in [2.05, 4.69) is 5.32 Å². The van der Waals surface area contributed by atoms with E-state index in [9.17, 15) is 13.2 Å². The molecule has 5 nitrogen and oxygen atoms in total. The van der Waals surface area contributed by atoms with Crippen LogP contribution in [0, 0.1) is 5.92 Å². The van der Waals surface area contributed by atoms with E-state index >= 15 is 0 Å². The van der Waals surface area contributed by atoms with E-state index in [1.165, 1.54) is 0 Å². The summed E-state index contributed by atoms with van der Waals surface area (Å²) >= 11 is 0. The molecule has 0 fully saturated rings. The maximum atomic E-state index is 12.1. The Morgan fingerprint density at radius 3 is 2.60 bits per heavy atom. The van der Waals surface area contributed by atoms with Gasteiger partial charge in [0.1, 0.15) is 0 Å². The molecular weight excluding hydrogens is 278 g/mol. The molecule has 0 heterocycles. The molecule has 1 rings (SSSR count). The lowest BCUT2D eigenvalue weighted by Gasteiger charge is -2.15. The SMILES string of the molecule is CCCS(=O)(=O)c1ccccc1NCC(C)CC(=O)O. The second kappa shape index (κ2) is 7.28. The molecule has 0 saturated heterocycles. The molecule has 1 aromatic carbocycles. The van der Waals surface area contributed by atoms with Gasteiger partial charge in [-0.15, -0.1) is 0 Å². The Balaban J connectivity index is 2.84. The summed E-state index contributed by atoms with van der Waals surface area (Å²) in [5.74, 6) is -0.822. The Morgan fingerprint density at radius 2 is 2.00 bits per heavy atom. The molecule has 0 aliphatic heterocycles. The van der Waals surface area contributed by atoms with Crippen molar-refractivity contribution in [3.63, 3.8) is 0 Å². The van der Waals surface area contributed by atoms with E-state index in [-0.39, 0.29) is 23.0 Å². The van der Waals surface area contributed by atoms with Gasteiger partial charge in [0.15, 0.2) is 9.84 Å². The number of carboxylic acid groups (broad SMARTS) is 1. The number of hydrogen-bond acceptors (Lipinski definition) is 4. The van der Waals surface area contributed by atoms with Gasteiger partial charge >= 0.3 is 5.97 Å². The third kappa shape index (κ3) is 4.85. The molecule has 6 heteroatoms. The van der Waals surface area contributed by atoms with E-state index < -0.39 is 15.8 Å². The zero-order chi connectivity index (χ0) is 15.2. The van der Waals surface area contributed by atoms with Crippen molar-refractivity contribution >= 4 is 21.5 Å². The van der Waals surface area contributed by atoms with Gasteiger partial charge in [-0.1, -0.05) is 26.0 Å². The average Bonchev–Trinajstić information content (AvgIpc) is 2.36. The van der Waals surface area contributed by atoms with Gasteiger partial charge in [0.05, 0.1) is 16.3 Å². The van der Waals surface area contributed by atoms with Gasteiger partial charge in [-0.3, -0.25) is 4.79 Å². The van der Waals surface area contributed by atoms with Crippen LogP contribution in [0.5, 0.6) is 0 Å². The fraction of sp³-hybridized carbons (Fsp3) is 0.500. The first-order valence-electron chi connectivity index (χ1n) is 6.64. The minimum Gasteiger partial charge on any atom is -0.481 e. The number of aliphatic carboxylic acids is 1. The van der Waals surface area contributed by atoms with Crippen molar-refractivity contribution in [2.45, 2.75) is 31.6 Å². The maximum Gasteiger partial charge on any atom is 0.303 e. The highest BCUT2D eigenvalue weighted by atomic mass is 32.2. The van der Waals surface area contributed by atoms with Gasteiger partial charge < -0.3 is 10.4 Å². The van der Waals surface area contributed by atoms with Gasteiger partial charge in [-0.2, -0.15) is 0 Å². The van der Waals surface area contributed by atoms with Gasteiger partial charge in [-0.05, 0) is 24.5 Å². The highest BCUT2D eigenvalue weighted by Crippen LogP contribution is 2.23. The molecule has 1 atom stereocenters. The van der Waals surface area contributed by atoms with Crippen LogP contribution in [0.25, 0.3) is 0 Å².